The van der Waals surface area contributed by atoms with Gasteiger partial charge >= 0.3 is 0 Å². The lowest BCUT2D eigenvalue weighted by Gasteiger charge is -2.07. The molecule has 0 spiro atoms. The smallest absolute Gasteiger partial charge is 0.0949 e. The maximum Gasteiger partial charge on any atom is 0.0949 e. The van der Waals surface area contributed by atoms with Crippen molar-refractivity contribution in [2.24, 2.45) is 0 Å². The van der Waals surface area contributed by atoms with E-state index >= 15 is 0 Å². The molecule has 5 rings (SSSR count). The lowest BCUT2D eigenvalue weighted by molar-refractivity contribution is 1.35. The quantitative estimate of drug-likeness (QED) is 0.432. The third-order valence-corrected chi connectivity index (χ3v) is 4.47. The molecular formula is C21H14N2. The lowest BCUT2D eigenvalue weighted by Crippen LogP contribution is -1.87. The van der Waals surface area contributed by atoms with Gasteiger partial charge in [0, 0.05) is 28.0 Å². The molecule has 5 aromatic rings. The molecule has 3 aromatic carbocycles. The second kappa shape index (κ2) is 4.68. The second-order valence-corrected chi connectivity index (χ2v) is 5.78. The van der Waals surface area contributed by atoms with Gasteiger partial charge in [0.15, 0.2) is 0 Å². The van der Waals surface area contributed by atoms with E-state index < -0.39 is 0 Å². The zero-order chi connectivity index (χ0) is 15.2. The van der Waals surface area contributed by atoms with E-state index in [4.69, 9.17) is 4.98 Å². The number of hydrogen-bond acceptors (Lipinski definition) is 1. The molecule has 0 amide bonds. The zero-order valence-electron chi connectivity index (χ0n) is 12.5. The molecule has 23 heavy (non-hydrogen) atoms. The highest BCUT2D eigenvalue weighted by Gasteiger charge is 2.12. The van der Waals surface area contributed by atoms with Crippen LogP contribution < -0.4 is 0 Å². The number of hydrogen-bond donors (Lipinski definition) is 1. The lowest BCUT2D eigenvalue weighted by atomic mass is 10.0. The van der Waals surface area contributed by atoms with Crippen molar-refractivity contribution in [1.29, 1.82) is 0 Å². The van der Waals surface area contributed by atoms with Gasteiger partial charge in [-0.3, -0.25) is 4.98 Å². The maximum atomic E-state index is 4.69. The molecular weight excluding hydrogens is 280 g/mol. The van der Waals surface area contributed by atoms with Crippen molar-refractivity contribution < 1.29 is 0 Å². The minimum Gasteiger partial charge on any atom is -0.353 e. The molecule has 0 aliphatic carbocycles. The Morgan fingerprint density at radius 1 is 0.652 bits per heavy atom. The number of H-pyrrole nitrogens is 1. The first-order chi connectivity index (χ1) is 11.4. The van der Waals surface area contributed by atoms with Crippen LogP contribution in [0.5, 0.6) is 0 Å². The summed E-state index contributed by atoms with van der Waals surface area (Å²) in [5.74, 6) is 0. The van der Waals surface area contributed by atoms with Crippen LogP contribution in [0.25, 0.3) is 43.8 Å². The van der Waals surface area contributed by atoms with Gasteiger partial charge in [-0.2, -0.15) is 0 Å². The number of aromatic nitrogens is 2. The number of pyridine rings is 1. The number of nitrogens with zero attached hydrogens (tertiary/aromatic N) is 1. The minimum atomic E-state index is 1.01. The summed E-state index contributed by atoms with van der Waals surface area (Å²) in [6.45, 7) is 0. The first-order valence-electron chi connectivity index (χ1n) is 7.75. The van der Waals surface area contributed by atoms with E-state index in [-0.39, 0.29) is 0 Å². The van der Waals surface area contributed by atoms with Crippen LogP contribution in [0, 0.1) is 0 Å². The van der Waals surface area contributed by atoms with Crippen molar-refractivity contribution in [2.75, 3.05) is 0 Å². The predicted octanol–water partition coefficient (Wildman–Crippen LogP) is 5.54. The molecule has 2 heterocycles. The summed E-state index contributed by atoms with van der Waals surface area (Å²) in [6.07, 6.45) is 1.90. The van der Waals surface area contributed by atoms with Gasteiger partial charge in [-0.05, 0) is 22.9 Å². The molecule has 0 bridgehead atoms. The van der Waals surface area contributed by atoms with E-state index in [9.17, 15) is 0 Å². The minimum absolute atomic E-state index is 1.01. The Morgan fingerprint density at radius 3 is 2.39 bits per heavy atom. The second-order valence-electron chi connectivity index (χ2n) is 5.78. The molecule has 0 saturated heterocycles. The molecule has 2 aromatic heterocycles. The standard InChI is InChI=1S/C21H14N2/c1-2-8-15-14(6-1)7-5-10-17(15)20-21-18(12-13-22-20)16-9-3-4-11-19(16)23-21/h1-13,23H. The van der Waals surface area contributed by atoms with Gasteiger partial charge in [-0.25, -0.2) is 0 Å². The molecule has 2 nitrogen and oxygen atoms in total. The Kier molecular flexibility index (Phi) is 2.53. The molecule has 2 heteroatoms. The fourth-order valence-electron chi connectivity index (χ4n) is 3.41. The largest absolute Gasteiger partial charge is 0.353 e. The summed E-state index contributed by atoms with van der Waals surface area (Å²) >= 11 is 0. The van der Waals surface area contributed by atoms with E-state index in [2.05, 4.69) is 77.8 Å². The molecule has 0 atom stereocenters. The van der Waals surface area contributed by atoms with Crippen molar-refractivity contribution in [2.45, 2.75) is 0 Å². The topological polar surface area (TPSA) is 28.7 Å². The molecule has 0 unspecified atom stereocenters. The van der Waals surface area contributed by atoms with E-state index in [1.165, 1.54) is 27.1 Å². The highest BCUT2D eigenvalue weighted by atomic mass is 14.8. The van der Waals surface area contributed by atoms with Gasteiger partial charge in [-0.1, -0.05) is 60.7 Å². The summed E-state index contributed by atoms with van der Waals surface area (Å²) in [6, 6.07) is 25.3. The SMILES string of the molecule is c1ccc2c(-c3nccc4c3[nH]c3ccccc34)cccc2c1. The summed E-state index contributed by atoms with van der Waals surface area (Å²) in [5, 5.41) is 4.93. The normalized spacial score (nSPS) is 11.5. The van der Waals surface area contributed by atoms with Gasteiger partial charge in [0.25, 0.3) is 0 Å². The van der Waals surface area contributed by atoms with Crippen LogP contribution in [0.4, 0.5) is 0 Å². The molecule has 0 aliphatic heterocycles. The zero-order valence-corrected chi connectivity index (χ0v) is 12.5. The highest BCUT2D eigenvalue weighted by molar-refractivity contribution is 6.12. The summed E-state index contributed by atoms with van der Waals surface area (Å²) in [5.41, 5.74) is 4.43. The van der Waals surface area contributed by atoms with E-state index in [1.807, 2.05) is 6.20 Å². The van der Waals surface area contributed by atoms with Crippen LogP contribution in [0.2, 0.25) is 0 Å². The fourth-order valence-corrected chi connectivity index (χ4v) is 3.41. The van der Waals surface area contributed by atoms with Crippen molar-refractivity contribution in [3.05, 3.63) is 79.0 Å². The average Bonchev–Trinajstić information content (AvgIpc) is 3.00. The predicted molar refractivity (Wildman–Crippen MR) is 96.5 cm³/mol. The molecule has 0 radical (unpaired) electrons. The third-order valence-electron chi connectivity index (χ3n) is 4.47. The van der Waals surface area contributed by atoms with Gasteiger partial charge in [-0.15, -0.1) is 0 Å². The monoisotopic (exact) mass is 294 g/mol. The number of aromatic amines is 1. The number of rotatable bonds is 1. The van der Waals surface area contributed by atoms with E-state index in [0.29, 0.717) is 0 Å². The van der Waals surface area contributed by atoms with Gasteiger partial charge in [0.05, 0.1) is 11.2 Å². The first kappa shape index (κ1) is 12.4. The number of para-hydroxylation sites is 1. The van der Waals surface area contributed by atoms with Crippen molar-refractivity contribution in [3.63, 3.8) is 0 Å². The summed E-state index contributed by atoms with van der Waals surface area (Å²) in [4.78, 5) is 8.24. The number of benzene rings is 3. The van der Waals surface area contributed by atoms with Crippen LogP contribution in [-0.2, 0) is 0 Å². The Balaban J connectivity index is 1.93. The van der Waals surface area contributed by atoms with E-state index in [1.54, 1.807) is 0 Å². The van der Waals surface area contributed by atoms with Crippen LogP contribution in [0.15, 0.2) is 79.0 Å². The van der Waals surface area contributed by atoms with Crippen molar-refractivity contribution in [1.82, 2.24) is 9.97 Å². The maximum absolute atomic E-state index is 4.69. The van der Waals surface area contributed by atoms with Crippen molar-refractivity contribution >= 4 is 32.6 Å². The van der Waals surface area contributed by atoms with Crippen LogP contribution >= 0.6 is 0 Å². The summed E-state index contributed by atoms with van der Waals surface area (Å²) < 4.78 is 0. The average molecular weight is 294 g/mol. The van der Waals surface area contributed by atoms with Crippen LogP contribution in [0.1, 0.15) is 0 Å². The summed E-state index contributed by atoms with van der Waals surface area (Å²) in [7, 11) is 0. The third kappa shape index (κ3) is 1.78. The Bertz CT molecular complexity index is 1160. The van der Waals surface area contributed by atoms with Crippen LogP contribution in [-0.4, -0.2) is 9.97 Å². The van der Waals surface area contributed by atoms with Crippen molar-refractivity contribution in [3.8, 4) is 11.3 Å². The Labute approximate surface area is 133 Å². The molecule has 108 valence electrons. The van der Waals surface area contributed by atoms with E-state index in [0.717, 1.165) is 16.7 Å². The highest BCUT2D eigenvalue weighted by Crippen LogP contribution is 2.34. The Hall–Kier alpha value is -3.13. The number of nitrogens with one attached hydrogen (secondary N) is 1. The molecule has 0 saturated carbocycles. The molecule has 0 fully saturated rings. The van der Waals surface area contributed by atoms with Gasteiger partial charge in [0.1, 0.15) is 0 Å². The molecule has 1 N–H and O–H groups in total. The van der Waals surface area contributed by atoms with Gasteiger partial charge in [0.2, 0.25) is 0 Å². The van der Waals surface area contributed by atoms with Crippen LogP contribution in [0.3, 0.4) is 0 Å². The molecule has 0 aliphatic rings. The fraction of sp³-hybridized carbons (Fsp3) is 0. The first-order valence-corrected chi connectivity index (χ1v) is 7.75. The van der Waals surface area contributed by atoms with Gasteiger partial charge < -0.3 is 4.98 Å². The number of fused-ring (bicyclic) bond motifs is 4. The Morgan fingerprint density at radius 2 is 1.43 bits per heavy atom.